The maximum Gasteiger partial charge on any atom is 0.250 e. The first kappa shape index (κ1) is 8.97. The lowest BCUT2D eigenvalue weighted by Crippen LogP contribution is -2.15. The lowest BCUT2D eigenvalue weighted by Gasteiger charge is -2.05. The van der Waals surface area contributed by atoms with Crippen LogP contribution in [0.4, 0.5) is 0 Å². The fourth-order valence-electron chi connectivity index (χ4n) is 1.56. The summed E-state index contributed by atoms with van der Waals surface area (Å²) < 4.78 is 1.63. The average molecular weight is 188 g/mol. The van der Waals surface area contributed by atoms with E-state index in [1.54, 1.807) is 17.7 Å². The molecular formula is C11H12N2O. The summed E-state index contributed by atoms with van der Waals surface area (Å²) in [6.07, 6.45) is 0. The highest BCUT2D eigenvalue weighted by molar-refractivity contribution is 5.79. The third-order valence-corrected chi connectivity index (χ3v) is 2.43. The van der Waals surface area contributed by atoms with Crippen molar-refractivity contribution in [2.45, 2.75) is 6.54 Å². The summed E-state index contributed by atoms with van der Waals surface area (Å²) in [5, 5.41) is 1.05. The number of nitrogens with two attached hydrogens (primary N) is 1. The van der Waals surface area contributed by atoms with Gasteiger partial charge in [-0.2, -0.15) is 0 Å². The van der Waals surface area contributed by atoms with Crippen molar-refractivity contribution in [1.29, 1.82) is 0 Å². The molecular weight excluding hydrogens is 176 g/mol. The number of fused-ring (bicyclic) bond motifs is 1. The molecule has 0 fully saturated rings. The number of nitrogens with zero attached hydrogens (tertiary/aromatic N) is 1. The molecule has 2 N–H and O–H groups in total. The second-order valence-electron chi connectivity index (χ2n) is 3.33. The first-order valence-electron chi connectivity index (χ1n) is 4.51. The van der Waals surface area contributed by atoms with Crippen LogP contribution in [0.15, 0.2) is 35.1 Å². The van der Waals surface area contributed by atoms with E-state index in [2.05, 4.69) is 0 Å². The van der Waals surface area contributed by atoms with Gasteiger partial charge in [0.2, 0.25) is 0 Å². The maximum atomic E-state index is 11.3. The Bertz CT molecular complexity index is 528. The standard InChI is InChI=1S/C11H12N2O/c1-13-10-4-2-8(7-12)6-9(10)3-5-11(13)14/h2-6H,7,12H2,1H3. The summed E-state index contributed by atoms with van der Waals surface area (Å²) in [6.45, 7) is 0.527. The maximum absolute atomic E-state index is 11.3. The number of hydrogen-bond donors (Lipinski definition) is 1. The summed E-state index contributed by atoms with van der Waals surface area (Å²) in [5.41, 5.74) is 7.57. The molecule has 0 aliphatic heterocycles. The van der Waals surface area contributed by atoms with Crippen molar-refractivity contribution >= 4 is 10.9 Å². The van der Waals surface area contributed by atoms with Crippen LogP contribution in [0.1, 0.15) is 5.56 Å². The number of pyridine rings is 1. The van der Waals surface area contributed by atoms with Gasteiger partial charge in [0.05, 0.1) is 5.52 Å². The quantitative estimate of drug-likeness (QED) is 0.725. The molecule has 0 spiro atoms. The minimum Gasteiger partial charge on any atom is -0.326 e. The molecule has 3 nitrogen and oxygen atoms in total. The van der Waals surface area contributed by atoms with Crippen molar-refractivity contribution in [1.82, 2.24) is 4.57 Å². The molecule has 0 aliphatic rings. The first-order valence-corrected chi connectivity index (χ1v) is 4.51. The van der Waals surface area contributed by atoms with Crippen LogP contribution in [0.5, 0.6) is 0 Å². The molecule has 0 bridgehead atoms. The zero-order valence-corrected chi connectivity index (χ0v) is 8.03. The highest BCUT2D eigenvalue weighted by atomic mass is 16.1. The minimum atomic E-state index is 0.0120. The van der Waals surface area contributed by atoms with E-state index in [0.717, 1.165) is 16.5 Å². The normalized spacial score (nSPS) is 10.7. The molecule has 0 saturated carbocycles. The lowest BCUT2D eigenvalue weighted by molar-refractivity contribution is 0.905. The monoisotopic (exact) mass is 188 g/mol. The Morgan fingerprint density at radius 2 is 2.07 bits per heavy atom. The molecule has 0 saturated heterocycles. The summed E-state index contributed by atoms with van der Waals surface area (Å²) in [5.74, 6) is 0. The van der Waals surface area contributed by atoms with Gasteiger partial charge >= 0.3 is 0 Å². The van der Waals surface area contributed by atoms with Crippen LogP contribution < -0.4 is 11.3 Å². The number of hydrogen-bond acceptors (Lipinski definition) is 2. The first-order chi connectivity index (χ1) is 6.72. The highest BCUT2D eigenvalue weighted by Crippen LogP contribution is 2.13. The predicted octanol–water partition coefficient (Wildman–Crippen LogP) is 0.997. The zero-order valence-electron chi connectivity index (χ0n) is 8.03. The van der Waals surface area contributed by atoms with E-state index in [4.69, 9.17) is 5.73 Å². The Morgan fingerprint density at radius 3 is 2.79 bits per heavy atom. The van der Waals surface area contributed by atoms with Crippen LogP contribution in [-0.4, -0.2) is 4.57 Å². The van der Waals surface area contributed by atoms with Crippen LogP contribution in [0.25, 0.3) is 10.9 Å². The molecule has 2 aromatic rings. The Balaban J connectivity index is 2.81. The SMILES string of the molecule is Cn1c(=O)ccc2cc(CN)ccc21. The second kappa shape index (κ2) is 3.27. The summed E-state index contributed by atoms with van der Waals surface area (Å²) in [7, 11) is 1.77. The smallest absolute Gasteiger partial charge is 0.250 e. The predicted molar refractivity (Wildman–Crippen MR) is 57.1 cm³/mol. The van der Waals surface area contributed by atoms with Crippen molar-refractivity contribution in [3.63, 3.8) is 0 Å². The highest BCUT2D eigenvalue weighted by Gasteiger charge is 1.99. The van der Waals surface area contributed by atoms with E-state index < -0.39 is 0 Å². The van der Waals surface area contributed by atoms with Gasteiger partial charge in [-0.05, 0) is 29.1 Å². The molecule has 0 atom stereocenters. The number of benzene rings is 1. The van der Waals surface area contributed by atoms with Gasteiger partial charge in [0.1, 0.15) is 0 Å². The molecule has 1 heterocycles. The van der Waals surface area contributed by atoms with Crippen molar-refractivity contribution in [3.05, 3.63) is 46.2 Å². The van der Waals surface area contributed by atoms with E-state index in [-0.39, 0.29) is 5.56 Å². The van der Waals surface area contributed by atoms with Crippen LogP contribution in [0.3, 0.4) is 0 Å². The van der Waals surface area contributed by atoms with E-state index in [1.165, 1.54) is 0 Å². The van der Waals surface area contributed by atoms with Gasteiger partial charge in [-0.25, -0.2) is 0 Å². The molecule has 0 radical (unpaired) electrons. The number of aryl methyl sites for hydroxylation is 1. The Hall–Kier alpha value is -1.61. The largest absolute Gasteiger partial charge is 0.326 e. The molecule has 0 unspecified atom stereocenters. The van der Waals surface area contributed by atoms with Crippen molar-refractivity contribution in [2.24, 2.45) is 12.8 Å². The Morgan fingerprint density at radius 1 is 1.29 bits per heavy atom. The van der Waals surface area contributed by atoms with Gasteiger partial charge < -0.3 is 10.3 Å². The fraction of sp³-hybridized carbons (Fsp3) is 0.182. The Kier molecular flexibility index (Phi) is 2.09. The summed E-state index contributed by atoms with van der Waals surface area (Å²) in [4.78, 5) is 11.3. The van der Waals surface area contributed by atoms with Crippen LogP contribution in [0, 0.1) is 0 Å². The molecule has 0 amide bonds. The van der Waals surface area contributed by atoms with Crippen LogP contribution in [-0.2, 0) is 13.6 Å². The van der Waals surface area contributed by atoms with Crippen molar-refractivity contribution < 1.29 is 0 Å². The Labute approximate surface area is 81.8 Å². The van der Waals surface area contributed by atoms with Gasteiger partial charge in [-0.1, -0.05) is 6.07 Å². The van der Waals surface area contributed by atoms with Crippen LogP contribution in [0.2, 0.25) is 0 Å². The second-order valence-corrected chi connectivity index (χ2v) is 3.33. The molecule has 0 aliphatic carbocycles. The van der Waals surface area contributed by atoms with Gasteiger partial charge in [-0.3, -0.25) is 4.79 Å². The van der Waals surface area contributed by atoms with E-state index in [1.807, 2.05) is 24.3 Å². The van der Waals surface area contributed by atoms with E-state index in [9.17, 15) is 4.79 Å². The van der Waals surface area contributed by atoms with Gasteiger partial charge in [0.15, 0.2) is 0 Å². The van der Waals surface area contributed by atoms with Crippen LogP contribution >= 0.6 is 0 Å². The zero-order chi connectivity index (χ0) is 10.1. The van der Waals surface area contributed by atoms with Crippen molar-refractivity contribution in [3.8, 4) is 0 Å². The molecule has 14 heavy (non-hydrogen) atoms. The lowest BCUT2D eigenvalue weighted by atomic mass is 10.1. The van der Waals surface area contributed by atoms with Crippen molar-refractivity contribution in [2.75, 3.05) is 0 Å². The third kappa shape index (κ3) is 1.32. The number of rotatable bonds is 1. The summed E-state index contributed by atoms with van der Waals surface area (Å²) >= 11 is 0. The average Bonchev–Trinajstić information content (AvgIpc) is 2.23. The molecule has 1 aromatic heterocycles. The topological polar surface area (TPSA) is 48.0 Å². The summed E-state index contributed by atoms with van der Waals surface area (Å²) in [6, 6.07) is 9.29. The molecule has 3 heteroatoms. The molecule has 2 rings (SSSR count). The number of aromatic nitrogens is 1. The van der Waals surface area contributed by atoms with Gasteiger partial charge in [0.25, 0.3) is 5.56 Å². The van der Waals surface area contributed by atoms with Gasteiger partial charge in [0, 0.05) is 19.7 Å². The van der Waals surface area contributed by atoms with E-state index >= 15 is 0 Å². The molecule has 72 valence electrons. The van der Waals surface area contributed by atoms with E-state index in [0.29, 0.717) is 6.54 Å². The minimum absolute atomic E-state index is 0.0120. The fourth-order valence-corrected chi connectivity index (χ4v) is 1.56. The third-order valence-electron chi connectivity index (χ3n) is 2.43. The molecule has 1 aromatic carbocycles. The van der Waals surface area contributed by atoms with Gasteiger partial charge in [-0.15, -0.1) is 0 Å².